The lowest BCUT2D eigenvalue weighted by atomic mass is 10.1. The first-order valence-electron chi connectivity index (χ1n) is 6.94. The summed E-state index contributed by atoms with van der Waals surface area (Å²) in [6.45, 7) is -0.0927. The van der Waals surface area contributed by atoms with Crippen LogP contribution in [0.3, 0.4) is 0 Å². The Balaban J connectivity index is 2.24. The quantitative estimate of drug-likeness (QED) is 0.466. The van der Waals surface area contributed by atoms with Crippen LogP contribution >= 0.6 is 11.8 Å². The second-order valence-electron chi connectivity index (χ2n) is 4.69. The molecule has 0 amide bonds. The van der Waals surface area contributed by atoms with Crippen LogP contribution in [0.15, 0.2) is 35.5 Å². The average Bonchev–Trinajstić information content (AvgIpc) is 2.54. The Morgan fingerprint density at radius 3 is 2.71 bits per heavy atom. The second-order valence-corrected chi connectivity index (χ2v) is 5.52. The largest absolute Gasteiger partial charge is 0.488 e. The van der Waals surface area contributed by atoms with Crippen LogP contribution in [-0.4, -0.2) is 22.7 Å². The van der Waals surface area contributed by atoms with E-state index in [0.717, 1.165) is 23.9 Å². The van der Waals surface area contributed by atoms with Crippen molar-refractivity contribution >= 4 is 17.7 Å². The number of hydrogen-bond acceptors (Lipinski definition) is 4. The molecule has 0 bridgehead atoms. The van der Waals surface area contributed by atoms with E-state index in [1.54, 1.807) is 12.1 Å². The average molecular weight is 349 g/mol. The van der Waals surface area contributed by atoms with Crippen LogP contribution < -0.4 is 4.74 Å². The summed E-state index contributed by atoms with van der Waals surface area (Å²) in [4.78, 5) is 14.5. The minimum atomic E-state index is -0.995. The third kappa shape index (κ3) is 4.46. The summed E-state index contributed by atoms with van der Waals surface area (Å²) < 4.78 is 33.3. The van der Waals surface area contributed by atoms with Crippen molar-refractivity contribution < 1.29 is 23.4 Å². The van der Waals surface area contributed by atoms with Gasteiger partial charge < -0.3 is 9.84 Å². The molecule has 0 atom stereocenters. The van der Waals surface area contributed by atoms with Gasteiger partial charge in [-0.3, -0.25) is 4.79 Å². The molecule has 7 heteroatoms. The zero-order valence-electron chi connectivity index (χ0n) is 12.5. The van der Waals surface area contributed by atoms with Crippen molar-refractivity contribution in [1.82, 2.24) is 4.98 Å². The Kier molecular flexibility index (Phi) is 6.15. The molecule has 0 saturated heterocycles. The van der Waals surface area contributed by atoms with Gasteiger partial charge in [0.1, 0.15) is 5.03 Å². The first-order valence-corrected chi connectivity index (χ1v) is 7.76. The van der Waals surface area contributed by atoms with Gasteiger partial charge in [-0.1, -0.05) is 6.07 Å². The number of hydrogen-bond donors (Lipinski definition) is 1. The maximum absolute atomic E-state index is 14.2. The molecule has 24 heavy (non-hydrogen) atoms. The van der Waals surface area contributed by atoms with Gasteiger partial charge in [0.15, 0.2) is 17.4 Å². The number of terminal acetylenes is 1. The van der Waals surface area contributed by atoms with Gasteiger partial charge in [-0.05, 0) is 47.2 Å². The molecule has 0 radical (unpaired) electrons. The fourth-order valence-corrected chi connectivity index (χ4v) is 2.52. The predicted octanol–water partition coefficient (Wildman–Crippen LogP) is 3.95. The van der Waals surface area contributed by atoms with E-state index in [0.29, 0.717) is 10.6 Å². The Morgan fingerprint density at radius 2 is 2.08 bits per heavy atom. The number of nitrogens with zero attached hydrogens (tertiary/aromatic N) is 1. The van der Waals surface area contributed by atoms with Gasteiger partial charge in [0, 0.05) is 18.2 Å². The van der Waals surface area contributed by atoms with Gasteiger partial charge in [0.05, 0.1) is 6.61 Å². The van der Waals surface area contributed by atoms with Crippen molar-refractivity contribution in [3.63, 3.8) is 0 Å². The second kappa shape index (κ2) is 8.31. The van der Waals surface area contributed by atoms with Crippen LogP contribution in [-0.2, 0) is 4.79 Å². The molecular formula is C17H13F2NO3S. The lowest BCUT2D eigenvalue weighted by Gasteiger charge is -2.11. The minimum absolute atomic E-state index is 0.0927. The zero-order chi connectivity index (χ0) is 17.5. The fourth-order valence-electron chi connectivity index (χ4n) is 2.00. The summed E-state index contributed by atoms with van der Waals surface area (Å²) in [7, 11) is 0. The number of halogens is 2. The highest BCUT2D eigenvalue weighted by molar-refractivity contribution is 8.03. The normalized spacial score (nSPS) is 10.2. The van der Waals surface area contributed by atoms with Gasteiger partial charge in [-0.25, -0.2) is 13.8 Å². The SMILES string of the molecule is C#CSc1ncccc1-c1cc(F)c(OCCCC(=O)O)c(F)c1. The molecule has 1 heterocycles. The standard InChI is InChI=1S/C17H13F2NO3S/c1-2-24-17-12(5-3-7-20-17)11-9-13(18)16(14(19)10-11)23-8-4-6-15(21)22/h1,3,5,7,9-10H,4,6,8H2,(H,21,22). The molecule has 1 aromatic heterocycles. The Hall–Kier alpha value is -2.59. The fraction of sp³-hybridized carbons (Fsp3) is 0.176. The summed E-state index contributed by atoms with van der Waals surface area (Å²) in [6, 6.07) is 5.57. The van der Waals surface area contributed by atoms with E-state index in [1.165, 1.54) is 6.20 Å². The molecule has 0 fully saturated rings. The summed E-state index contributed by atoms with van der Waals surface area (Å²) in [6.07, 6.45) is 6.80. The molecule has 124 valence electrons. The number of carboxylic acids is 1. The molecule has 1 N–H and O–H groups in total. The summed E-state index contributed by atoms with van der Waals surface area (Å²) in [5.41, 5.74) is 0.796. The number of aliphatic carboxylic acids is 1. The highest BCUT2D eigenvalue weighted by atomic mass is 32.2. The Labute approximate surface area is 141 Å². The van der Waals surface area contributed by atoms with E-state index >= 15 is 0 Å². The van der Waals surface area contributed by atoms with E-state index < -0.39 is 23.4 Å². The van der Waals surface area contributed by atoms with E-state index in [2.05, 4.69) is 10.2 Å². The molecule has 0 aliphatic heterocycles. The van der Waals surface area contributed by atoms with Gasteiger partial charge in [-0.2, -0.15) is 0 Å². The summed E-state index contributed by atoms with van der Waals surface area (Å²) in [5, 5.41) is 11.4. The molecule has 4 nitrogen and oxygen atoms in total. The maximum Gasteiger partial charge on any atom is 0.303 e. The number of ether oxygens (including phenoxy) is 1. The van der Waals surface area contributed by atoms with E-state index in [-0.39, 0.29) is 25.0 Å². The van der Waals surface area contributed by atoms with Crippen molar-refractivity contribution in [1.29, 1.82) is 0 Å². The van der Waals surface area contributed by atoms with E-state index in [4.69, 9.17) is 16.3 Å². The van der Waals surface area contributed by atoms with Gasteiger partial charge in [0.25, 0.3) is 0 Å². The molecule has 2 aromatic rings. The van der Waals surface area contributed by atoms with Crippen LogP contribution in [0.1, 0.15) is 12.8 Å². The first-order chi connectivity index (χ1) is 11.5. The lowest BCUT2D eigenvalue weighted by Crippen LogP contribution is -2.05. The third-order valence-corrected chi connectivity index (χ3v) is 3.65. The monoisotopic (exact) mass is 349 g/mol. The number of carboxylic acid groups (broad SMARTS) is 1. The van der Waals surface area contributed by atoms with Crippen LogP contribution in [0.25, 0.3) is 11.1 Å². The third-order valence-electron chi connectivity index (χ3n) is 3.02. The van der Waals surface area contributed by atoms with Gasteiger partial charge >= 0.3 is 5.97 Å². The number of thioether (sulfide) groups is 1. The molecule has 0 spiro atoms. The number of rotatable bonds is 7. The van der Waals surface area contributed by atoms with Crippen molar-refractivity contribution in [3.05, 3.63) is 42.1 Å². The topological polar surface area (TPSA) is 59.4 Å². The molecule has 2 rings (SSSR count). The smallest absolute Gasteiger partial charge is 0.303 e. The van der Waals surface area contributed by atoms with E-state index in [1.807, 2.05) is 0 Å². The van der Waals surface area contributed by atoms with Crippen molar-refractivity contribution in [2.24, 2.45) is 0 Å². The van der Waals surface area contributed by atoms with Gasteiger partial charge in [-0.15, -0.1) is 6.42 Å². The van der Waals surface area contributed by atoms with Crippen molar-refractivity contribution in [2.45, 2.75) is 17.9 Å². The highest BCUT2D eigenvalue weighted by Crippen LogP contribution is 2.33. The van der Waals surface area contributed by atoms with Crippen LogP contribution in [0.4, 0.5) is 8.78 Å². The number of pyridine rings is 1. The Bertz CT molecular complexity index is 767. The number of aromatic nitrogens is 1. The summed E-state index contributed by atoms with van der Waals surface area (Å²) in [5.74, 6) is -3.27. The van der Waals surface area contributed by atoms with Crippen molar-refractivity contribution in [2.75, 3.05) is 6.61 Å². The molecular weight excluding hydrogens is 336 g/mol. The summed E-state index contributed by atoms with van der Waals surface area (Å²) >= 11 is 1.02. The van der Waals surface area contributed by atoms with Crippen LogP contribution in [0, 0.1) is 23.3 Å². The predicted molar refractivity (Wildman–Crippen MR) is 86.6 cm³/mol. The molecule has 0 aliphatic carbocycles. The van der Waals surface area contributed by atoms with Crippen molar-refractivity contribution in [3.8, 4) is 28.6 Å². The van der Waals surface area contributed by atoms with Crippen LogP contribution in [0.2, 0.25) is 0 Å². The van der Waals surface area contributed by atoms with Crippen LogP contribution in [0.5, 0.6) is 5.75 Å². The molecule has 0 saturated carbocycles. The molecule has 1 aromatic carbocycles. The highest BCUT2D eigenvalue weighted by Gasteiger charge is 2.16. The van der Waals surface area contributed by atoms with Gasteiger partial charge in [0.2, 0.25) is 0 Å². The van der Waals surface area contributed by atoms with E-state index in [9.17, 15) is 13.6 Å². The first kappa shape index (κ1) is 17.8. The number of carbonyl (C=O) groups is 1. The number of benzene rings is 1. The maximum atomic E-state index is 14.2. The minimum Gasteiger partial charge on any atom is -0.488 e. The molecule has 0 aliphatic rings. The lowest BCUT2D eigenvalue weighted by molar-refractivity contribution is -0.137. The molecule has 0 unspecified atom stereocenters. The Morgan fingerprint density at radius 1 is 1.38 bits per heavy atom. The zero-order valence-corrected chi connectivity index (χ0v) is 13.3.